The number of hydrogen-bond donors (Lipinski definition) is 1. The third kappa shape index (κ3) is 6.82. The summed E-state index contributed by atoms with van der Waals surface area (Å²) in [5.41, 5.74) is 0. The van der Waals surface area contributed by atoms with Crippen LogP contribution in [0, 0.1) is 0 Å². The Kier molecular flexibility index (Phi) is 6.71. The molecule has 0 aromatic carbocycles. The van der Waals surface area contributed by atoms with E-state index in [1.54, 1.807) is 7.11 Å². The average Bonchev–Trinajstić information content (AvgIpc) is 2.04. The smallest absolute Gasteiger partial charge is 0.262 e. The normalized spacial score (nSPS) is 12.0. The van der Waals surface area contributed by atoms with Gasteiger partial charge < -0.3 is 9.41 Å². The summed E-state index contributed by atoms with van der Waals surface area (Å²) in [7, 11) is 0.309. The van der Waals surface area contributed by atoms with E-state index < -0.39 is 8.48 Å². The third-order valence-corrected chi connectivity index (χ3v) is 4.21. The van der Waals surface area contributed by atoms with Crippen molar-refractivity contribution >= 4 is 8.48 Å². The third-order valence-electron chi connectivity index (χ3n) is 2.09. The van der Waals surface area contributed by atoms with Gasteiger partial charge in [-0.1, -0.05) is 26.2 Å². The molecular weight excluding hydrogens is 166 g/mol. The van der Waals surface area contributed by atoms with Gasteiger partial charge in [0.1, 0.15) is 0 Å². The van der Waals surface area contributed by atoms with Gasteiger partial charge in [-0.25, -0.2) is 0 Å². The molecule has 0 saturated carbocycles. The minimum absolute atomic E-state index is 1.12. The lowest BCUT2D eigenvalue weighted by Gasteiger charge is -2.21. The standard InChI is InChI=1S/C9H23NOSi/c1-5-6-7-8-9-10-12(3,4)11-2/h10H,5-9H2,1-4H3. The first-order valence-electron chi connectivity index (χ1n) is 4.92. The van der Waals surface area contributed by atoms with Crippen LogP contribution in [-0.4, -0.2) is 22.1 Å². The van der Waals surface area contributed by atoms with Gasteiger partial charge in [-0.15, -0.1) is 0 Å². The first kappa shape index (κ1) is 12.1. The maximum absolute atomic E-state index is 5.37. The highest BCUT2D eigenvalue weighted by molar-refractivity contribution is 6.68. The number of rotatable bonds is 7. The van der Waals surface area contributed by atoms with E-state index >= 15 is 0 Å². The van der Waals surface area contributed by atoms with Gasteiger partial charge in [0.15, 0.2) is 0 Å². The molecule has 74 valence electrons. The first-order chi connectivity index (χ1) is 5.62. The topological polar surface area (TPSA) is 21.3 Å². The van der Waals surface area contributed by atoms with Gasteiger partial charge in [0, 0.05) is 7.11 Å². The molecule has 0 bridgehead atoms. The molecule has 12 heavy (non-hydrogen) atoms. The Morgan fingerprint density at radius 1 is 1.17 bits per heavy atom. The quantitative estimate of drug-likeness (QED) is 0.491. The summed E-state index contributed by atoms with van der Waals surface area (Å²) in [5, 5.41) is 0. The Labute approximate surface area is 77.9 Å². The van der Waals surface area contributed by atoms with Crippen LogP contribution in [-0.2, 0) is 4.43 Å². The second kappa shape index (κ2) is 6.63. The van der Waals surface area contributed by atoms with Gasteiger partial charge in [0.05, 0.1) is 0 Å². The van der Waals surface area contributed by atoms with Crippen LogP contribution >= 0.6 is 0 Å². The lowest BCUT2D eigenvalue weighted by atomic mass is 10.2. The van der Waals surface area contributed by atoms with Crippen molar-refractivity contribution < 1.29 is 4.43 Å². The van der Waals surface area contributed by atoms with E-state index in [9.17, 15) is 0 Å². The van der Waals surface area contributed by atoms with E-state index in [2.05, 4.69) is 25.0 Å². The van der Waals surface area contributed by atoms with E-state index in [4.69, 9.17) is 4.43 Å². The van der Waals surface area contributed by atoms with E-state index in [0.717, 1.165) is 6.54 Å². The van der Waals surface area contributed by atoms with Gasteiger partial charge in [-0.2, -0.15) is 0 Å². The van der Waals surface area contributed by atoms with Gasteiger partial charge >= 0.3 is 0 Å². The summed E-state index contributed by atoms with van der Waals surface area (Å²) >= 11 is 0. The highest BCUT2D eigenvalue weighted by Crippen LogP contribution is 2.00. The highest BCUT2D eigenvalue weighted by atomic mass is 28.4. The predicted molar refractivity (Wildman–Crippen MR) is 56.6 cm³/mol. The molecule has 1 N–H and O–H groups in total. The fourth-order valence-corrected chi connectivity index (χ4v) is 1.94. The average molecular weight is 189 g/mol. The molecule has 0 aromatic heterocycles. The van der Waals surface area contributed by atoms with Crippen LogP contribution < -0.4 is 4.98 Å². The van der Waals surface area contributed by atoms with E-state index in [1.165, 1.54) is 25.7 Å². The lowest BCUT2D eigenvalue weighted by molar-refractivity contribution is 0.389. The SMILES string of the molecule is CCCCCCN[Si](C)(C)OC. The van der Waals surface area contributed by atoms with Crippen LogP contribution in [0.5, 0.6) is 0 Å². The van der Waals surface area contributed by atoms with E-state index in [-0.39, 0.29) is 0 Å². The summed E-state index contributed by atoms with van der Waals surface area (Å²) in [6, 6.07) is 0. The highest BCUT2D eigenvalue weighted by Gasteiger charge is 2.18. The van der Waals surface area contributed by atoms with Crippen LogP contribution in [0.2, 0.25) is 13.1 Å². The van der Waals surface area contributed by atoms with Crippen LogP contribution in [0.4, 0.5) is 0 Å². The van der Waals surface area contributed by atoms with Gasteiger partial charge in [-0.05, 0) is 26.1 Å². The van der Waals surface area contributed by atoms with E-state index in [1.807, 2.05) is 0 Å². The molecule has 0 unspecified atom stereocenters. The molecular formula is C9H23NOSi. The lowest BCUT2D eigenvalue weighted by Crippen LogP contribution is -2.47. The molecule has 0 fully saturated rings. The fourth-order valence-electron chi connectivity index (χ4n) is 1.01. The zero-order valence-corrected chi connectivity index (χ0v) is 9.94. The van der Waals surface area contributed by atoms with Crippen LogP contribution in [0.3, 0.4) is 0 Å². The van der Waals surface area contributed by atoms with Crippen LogP contribution in [0.25, 0.3) is 0 Å². The molecule has 0 aromatic rings. The second-order valence-corrected chi connectivity index (χ2v) is 7.48. The maximum atomic E-state index is 5.37. The molecule has 0 radical (unpaired) electrons. The molecule has 0 spiro atoms. The zero-order chi connectivity index (χ0) is 9.45. The predicted octanol–water partition coefficient (Wildman–Crippen LogP) is 2.50. The Bertz CT molecular complexity index is 107. The molecule has 0 aliphatic heterocycles. The van der Waals surface area contributed by atoms with Crippen molar-refractivity contribution in [1.82, 2.24) is 4.98 Å². The molecule has 0 aliphatic rings. The summed E-state index contributed by atoms with van der Waals surface area (Å²) in [6.45, 7) is 7.73. The zero-order valence-electron chi connectivity index (χ0n) is 8.94. The Morgan fingerprint density at radius 2 is 1.83 bits per heavy atom. The molecule has 0 aliphatic carbocycles. The van der Waals surface area contributed by atoms with Crippen LogP contribution in [0.15, 0.2) is 0 Å². The van der Waals surface area contributed by atoms with Crippen molar-refractivity contribution in [3.8, 4) is 0 Å². The molecule has 0 rings (SSSR count). The Balaban J connectivity index is 3.19. The number of unbranched alkanes of at least 4 members (excludes halogenated alkanes) is 3. The van der Waals surface area contributed by atoms with Crippen molar-refractivity contribution in [2.45, 2.75) is 45.7 Å². The van der Waals surface area contributed by atoms with Crippen molar-refractivity contribution in [2.24, 2.45) is 0 Å². The second-order valence-electron chi connectivity index (χ2n) is 3.70. The number of hydrogen-bond acceptors (Lipinski definition) is 2. The molecule has 2 nitrogen and oxygen atoms in total. The number of nitrogens with one attached hydrogen (secondary N) is 1. The summed E-state index contributed by atoms with van der Waals surface area (Å²) in [4.78, 5) is 3.48. The largest absolute Gasteiger partial charge is 0.407 e. The molecule has 0 saturated heterocycles. The Hall–Kier alpha value is 0.137. The van der Waals surface area contributed by atoms with Crippen molar-refractivity contribution in [2.75, 3.05) is 13.7 Å². The minimum Gasteiger partial charge on any atom is -0.407 e. The van der Waals surface area contributed by atoms with Crippen LogP contribution in [0.1, 0.15) is 32.6 Å². The van der Waals surface area contributed by atoms with Crippen molar-refractivity contribution in [3.63, 3.8) is 0 Å². The van der Waals surface area contributed by atoms with Gasteiger partial charge in [-0.3, -0.25) is 0 Å². The van der Waals surface area contributed by atoms with Gasteiger partial charge in [0.2, 0.25) is 0 Å². The summed E-state index contributed by atoms with van der Waals surface area (Å²) in [5.74, 6) is 0. The monoisotopic (exact) mass is 189 g/mol. The molecule has 0 atom stereocenters. The summed E-state index contributed by atoms with van der Waals surface area (Å²) in [6.07, 6.45) is 5.30. The minimum atomic E-state index is -1.49. The summed E-state index contributed by atoms with van der Waals surface area (Å²) < 4.78 is 5.37. The van der Waals surface area contributed by atoms with Crippen molar-refractivity contribution in [1.29, 1.82) is 0 Å². The first-order valence-corrected chi connectivity index (χ1v) is 7.83. The molecule has 3 heteroatoms. The fraction of sp³-hybridized carbons (Fsp3) is 1.00. The maximum Gasteiger partial charge on any atom is 0.262 e. The van der Waals surface area contributed by atoms with Crippen molar-refractivity contribution in [3.05, 3.63) is 0 Å². The molecule has 0 amide bonds. The van der Waals surface area contributed by atoms with E-state index in [0.29, 0.717) is 0 Å². The Morgan fingerprint density at radius 3 is 2.33 bits per heavy atom. The molecule has 0 heterocycles. The van der Waals surface area contributed by atoms with Gasteiger partial charge in [0.25, 0.3) is 8.48 Å².